The topological polar surface area (TPSA) is 81.3 Å². The molecule has 4 aromatic rings. The maximum Gasteiger partial charge on any atom is 0.270 e. The number of nitrogens with one attached hydrogen (secondary N) is 2. The highest BCUT2D eigenvalue weighted by Crippen LogP contribution is 2.21. The van der Waals surface area contributed by atoms with E-state index in [0.29, 0.717) is 31.7 Å². The van der Waals surface area contributed by atoms with Crippen LogP contribution in [0, 0.1) is 0 Å². The second-order valence-corrected chi connectivity index (χ2v) is 8.13. The van der Waals surface area contributed by atoms with Crippen molar-refractivity contribution in [2.24, 2.45) is 0 Å². The Hall–Kier alpha value is -4.39. The van der Waals surface area contributed by atoms with Crippen LogP contribution in [0.3, 0.4) is 0 Å². The van der Waals surface area contributed by atoms with E-state index in [1.54, 1.807) is 41.4 Å². The number of carbonyl (C=O) groups is 2. The Morgan fingerprint density at radius 3 is 2.38 bits per heavy atom. The van der Waals surface area contributed by atoms with Gasteiger partial charge in [0.05, 0.1) is 0 Å². The molecule has 3 heterocycles. The molecular weight excluding hydrogens is 426 g/mol. The molecule has 5 rings (SSSR count). The number of pyridine rings is 1. The number of amides is 2. The Kier molecular flexibility index (Phi) is 6.07. The smallest absolute Gasteiger partial charge is 0.270 e. The molecule has 7 heteroatoms. The summed E-state index contributed by atoms with van der Waals surface area (Å²) in [4.78, 5) is 38.1. The van der Waals surface area contributed by atoms with Gasteiger partial charge < -0.3 is 20.1 Å². The first-order valence-corrected chi connectivity index (χ1v) is 11.3. The van der Waals surface area contributed by atoms with Crippen LogP contribution >= 0.6 is 0 Å². The van der Waals surface area contributed by atoms with Gasteiger partial charge >= 0.3 is 0 Å². The van der Waals surface area contributed by atoms with Crippen molar-refractivity contribution in [2.75, 3.05) is 31.1 Å². The minimum Gasteiger partial charge on any atom is -0.361 e. The van der Waals surface area contributed by atoms with Gasteiger partial charge in [0.15, 0.2) is 0 Å². The number of rotatable bonds is 5. The fourth-order valence-electron chi connectivity index (χ4n) is 4.15. The summed E-state index contributed by atoms with van der Waals surface area (Å²) in [6.07, 6.45) is 5.38. The van der Waals surface area contributed by atoms with Crippen molar-refractivity contribution in [3.63, 3.8) is 0 Å². The third kappa shape index (κ3) is 4.54. The molecule has 1 aliphatic rings. The van der Waals surface area contributed by atoms with Gasteiger partial charge in [0, 0.05) is 60.6 Å². The summed E-state index contributed by atoms with van der Waals surface area (Å²) >= 11 is 0. The number of anilines is 1. The molecule has 2 aromatic carbocycles. The van der Waals surface area contributed by atoms with E-state index in [-0.39, 0.29) is 17.5 Å². The lowest BCUT2D eigenvalue weighted by molar-refractivity contribution is -0.127. The zero-order chi connectivity index (χ0) is 23.3. The van der Waals surface area contributed by atoms with Crippen molar-refractivity contribution < 1.29 is 9.59 Å². The second kappa shape index (κ2) is 9.62. The number of aromatic nitrogens is 2. The van der Waals surface area contributed by atoms with Gasteiger partial charge in [-0.3, -0.25) is 9.59 Å². The summed E-state index contributed by atoms with van der Waals surface area (Å²) in [5.74, 6) is 0.393. The zero-order valence-corrected chi connectivity index (χ0v) is 18.6. The van der Waals surface area contributed by atoms with Crippen LogP contribution in [0.5, 0.6) is 0 Å². The van der Waals surface area contributed by atoms with E-state index in [9.17, 15) is 9.59 Å². The average Bonchev–Trinajstić information content (AvgIpc) is 3.32. The lowest BCUT2D eigenvalue weighted by atomic mass is 10.1. The monoisotopic (exact) mass is 451 g/mol. The first kappa shape index (κ1) is 21.5. The number of hydrogen-bond donors (Lipinski definition) is 2. The van der Waals surface area contributed by atoms with Gasteiger partial charge in [-0.25, -0.2) is 4.98 Å². The quantitative estimate of drug-likeness (QED) is 0.454. The van der Waals surface area contributed by atoms with Crippen LogP contribution < -0.4 is 10.2 Å². The van der Waals surface area contributed by atoms with Gasteiger partial charge in [0.1, 0.15) is 11.5 Å². The molecule has 1 fully saturated rings. The van der Waals surface area contributed by atoms with Gasteiger partial charge in [0.25, 0.3) is 11.8 Å². The third-order valence-electron chi connectivity index (χ3n) is 5.98. The van der Waals surface area contributed by atoms with Crippen molar-refractivity contribution >= 4 is 34.6 Å². The highest BCUT2D eigenvalue weighted by molar-refractivity contribution is 6.06. The maximum atomic E-state index is 13.6. The summed E-state index contributed by atoms with van der Waals surface area (Å²) in [6, 6.07) is 22.6. The molecule has 0 radical (unpaired) electrons. The second-order valence-electron chi connectivity index (χ2n) is 8.13. The molecule has 0 saturated carbocycles. The fourth-order valence-corrected chi connectivity index (χ4v) is 4.15. The van der Waals surface area contributed by atoms with E-state index in [2.05, 4.69) is 20.2 Å². The standard InChI is InChI=1S/C27H25N5O2/c33-26(20-8-2-1-3-9-20)30-24(18-21-19-29-23-11-5-4-10-22(21)23)27(34)32-16-14-31(15-17-32)25-12-6-7-13-28-25/h1-13,18-19,29H,14-17H2,(H,30,33)/b24-18-. The molecule has 2 aromatic heterocycles. The minimum absolute atomic E-state index is 0.199. The predicted molar refractivity (Wildman–Crippen MR) is 133 cm³/mol. The largest absolute Gasteiger partial charge is 0.361 e. The molecule has 34 heavy (non-hydrogen) atoms. The number of carbonyl (C=O) groups excluding carboxylic acids is 2. The predicted octanol–water partition coefficient (Wildman–Crippen LogP) is 3.68. The van der Waals surface area contributed by atoms with Crippen molar-refractivity contribution in [3.8, 4) is 0 Å². The number of piperazine rings is 1. The minimum atomic E-state index is -0.313. The van der Waals surface area contributed by atoms with E-state index < -0.39 is 0 Å². The van der Waals surface area contributed by atoms with Crippen LogP contribution in [0.2, 0.25) is 0 Å². The van der Waals surface area contributed by atoms with Gasteiger partial charge in [-0.15, -0.1) is 0 Å². The van der Waals surface area contributed by atoms with Crippen LogP contribution in [0.15, 0.2) is 90.9 Å². The molecule has 0 spiro atoms. The number of nitrogens with zero attached hydrogens (tertiary/aromatic N) is 3. The summed E-state index contributed by atoms with van der Waals surface area (Å²) in [7, 11) is 0. The highest BCUT2D eigenvalue weighted by atomic mass is 16.2. The van der Waals surface area contributed by atoms with Crippen molar-refractivity contribution in [2.45, 2.75) is 0 Å². The summed E-state index contributed by atoms with van der Waals surface area (Å²) < 4.78 is 0. The Morgan fingerprint density at radius 2 is 1.62 bits per heavy atom. The Balaban J connectivity index is 1.40. The zero-order valence-electron chi connectivity index (χ0n) is 18.6. The average molecular weight is 452 g/mol. The SMILES string of the molecule is O=C(N/C(=C\c1c[nH]c2ccccc12)C(=O)N1CCN(c2ccccn2)CC1)c1ccccc1. The van der Waals surface area contributed by atoms with Crippen molar-refractivity contribution in [3.05, 3.63) is 102 Å². The number of hydrogen-bond acceptors (Lipinski definition) is 4. The lowest BCUT2D eigenvalue weighted by Crippen LogP contribution is -2.50. The summed E-state index contributed by atoms with van der Waals surface area (Å²) in [5, 5.41) is 3.86. The number of fused-ring (bicyclic) bond motifs is 1. The molecule has 1 aliphatic heterocycles. The van der Waals surface area contributed by atoms with Crippen LogP contribution in [-0.4, -0.2) is 52.9 Å². The van der Waals surface area contributed by atoms with E-state index in [0.717, 1.165) is 22.3 Å². The molecule has 2 N–H and O–H groups in total. The van der Waals surface area contributed by atoms with E-state index in [1.165, 1.54) is 0 Å². The molecular formula is C27H25N5O2. The third-order valence-corrected chi connectivity index (χ3v) is 5.98. The summed E-state index contributed by atoms with van der Waals surface area (Å²) in [5.41, 5.74) is 2.57. The molecule has 170 valence electrons. The molecule has 0 atom stereocenters. The van der Waals surface area contributed by atoms with Gasteiger partial charge in [0.2, 0.25) is 0 Å². The van der Waals surface area contributed by atoms with Gasteiger partial charge in [-0.1, -0.05) is 42.5 Å². The van der Waals surface area contributed by atoms with E-state index in [1.807, 2.05) is 54.7 Å². The molecule has 1 saturated heterocycles. The van der Waals surface area contributed by atoms with Gasteiger partial charge in [-0.05, 0) is 36.4 Å². The number of benzene rings is 2. The number of aromatic amines is 1. The highest BCUT2D eigenvalue weighted by Gasteiger charge is 2.25. The van der Waals surface area contributed by atoms with Gasteiger partial charge in [-0.2, -0.15) is 0 Å². The molecule has 0 aliphatic carbocycles. The Bertz CT molecular complexity index is 1320. The van der Waals surface area contributed by atoms with Crippen molar-refractivity contribution in [1.82, 2.24) is 20.2 Å². The first-order chi connectivity index (χ1) is 16.7. The summed E-state index contributed by atoms with van der Waals surface area (Å²) in [6.45, 7) is 2.44. The van der Waals surface area contributed by atoms with E-state index in [4.69, 9.17) is 0 Å². The fraction of sp³-hybridized carbons (Fsp3) is 0.148. The first-order valence-electron chi connectivity index (χ1n) is 11.3. The Morgan fingerprint density at radius 1 is 0.882 bits per heavy atom. The molecule has 0 unspecified atom stereocenters. The normalized spacial score (nSPS) is 14.3. The number of H-pyrrole nitrogens is 1. The maximum absolute atomic E-state index is 13.6. The van der Waals surface area contributed by atoms with Crippen molar-refractivity contribution in [1.29, 1.82) is 0 Å². The van der Waals surface area contributed by atoms with E-state index >= 15 is 0 Å². The number of para-hydroxylation sites is 1. The van der Waals surface area contributed by atoms with Crippen LogP contribution in [0.25, 0.3) is 17.0 Å². The van der Waals surface area contributed by atoms with Crippen LogP contribution in [0.1, 0.15) is 15.9 Å². The molecule has 2 amide bonds. The van der Waals surface area contributed by atoms with Crippen LogP contribution in [-0.2, 0) is 4.79 Å². The molecule has 7 nitrogen and oxygen atoms in total. The molecule has 0 bridgehead atoms. The Labute approximate surface area is 197 Å². The lowest BCUT2D eigenvalue weighted by Gasteiger charge is -2.35. The van der Waals surface area contributed by atoms with Crippen LogP contribution in [0.4, 0.5) is 5.82 Å².